The zero-order valence-electron chi connectivity index (χ0n) is 19.2. The molecule has 0 saturated heterocycles. The fraction of sp³-hybridized carbons (Fsp3) is 0.360. The van der Waals surface area contributed by atoms with Crippen LogP contribution in [0.5, 0.6) is 5.75 Å². The predicted molar refractivity (Wildman–Crippen MR) is 124 cm³/mol. The number of hydrogen-bond acceptors (Lipinski definition) is 6. The van der Waals surface area contributed by atoms with E-state index in [0.29, 0.717) is 18.0 Å². The van der Waals surface area contributed by atoms with Crippen molar-refractivity contribution in [1.82, 2.24) is 5.32 Å². The van der Waals surface area contributed by atoms with Gasteiger partial charge in [-0.3, -0.25) is 14.4 Å². The normalized spacial score (nSPS) is 11.1. The van der Waals surface area contributed by atoms with Gasteiger partial charge in [-0.2, -0.15) is 5.26 Å². The van der Waals surface area contributed by atoms with Crippen LogP contribution in [0.25, 0.3) is 0 Å². The second kappa shape index (κ2) is 12.9. The highest BCUT2D eigenvalue weighted by molar-refractivity contribution is 5.95. The van der Waals surface area contributed by atoms with Crippen molar-refractivity contribution in [1.29, 1.82) is 5.26 Å². The first kappa shape index (κ1) is 25.4. The van der Waals surface area contributed by atoms with Crippen molar-refractivity contribution in [2.24, 2.45) is 0 Å². The molecule has 1 unspecified atom stereocenters. The zero-order chi connectivity index (χ0) is 24.2. The summed E-state index contributed by atoms with van der Waals surface area (Å²) in [5.41, 5.74) is 2.40. The van der Waals surface area contributed by atoms with Gasteiger partial charge in [-0.05, 0) is 43.7 Å². The number of benzene rings is 2. The van der Waals surface area contributed by atoms with Crippen LogP contribution in [0.4, 0.5) is 5.69 Å². The number of nitrogens with one attached hydrogen (secondary N) is 1. The average Bonchev–Trinajstić information content (AvgIpc) is 2.79. The minimum absolute atomic E-state index is 0.114. The minimum Gasteiger partial charge on any atom is -0.494 e. The fourth-order valence-electron chi connectivity index (χ4n) is 3.19. The molecule has 33 heavy (non-hydrogen) atoms. The van der Waals surface area contributed by atoms with Crippen LogP contribution in [0.2, 0.25) is 0 Å². The summed E-state index contributed by atoms with van der Waals surface area (Å²) in [7, 11) is 0. The molecule has 2 aromatic carbocycles. The van der Waals surface area contributed by atoms with Crippen molar-refractivity contribution in [2.45, 2.75) is 39.7 Å². The third kappa shape index (κ3) is 8.30. The number of amides is 2. The number of hydrogen-bond donors (Lipinski definition) is 1. The van der Waals surface area contributed by atoms with Gasteiger partial charge in [-0.1, -0.05) is 29.8 Å². The van der Waals surface area contributed by atoms with E-state index in [9.17, 15) is 14.4 Å². The lowest BCUT2D eigenvalue weighted by atomic mass is 10.0. The average molecular weight is 452 g/mol. The van der Waals surface area contributed by atoms with Crippen LogP contribution in [0, 0.1) is 18.3 Å². The number of nitrogens with zero attached hydrogens (tertiary/aromatic N) is 2. The molecule has 0 aromatic heterocycles. The van der Waals surface area contributed by atoms with Crippen LogP contribution < -0.4 is 15.0 Å². The summed E-state index contributed by atoms with van der Waals surface area (Å²) in [6.45, 7) is 5.41. The van der Waals surface area contributed by atoms with Gasteiger partial charge in [-0.15, -0.1) is 0 Å². The Hall–Kier alpha value is -3.86. The van der Waals surface area contributed by atoms with Gasteiger partial charge in [0.15, 0.2) is 6.61 Å². The number of carbonyl (C=O) groups excluding carboxylic acids is 3. The highest BCUT2D eigenvalue weighted by Gasteiger charge is 2.21. The standard InChI is InChI=1S/C25H29N3O5/c1-4-32-22-12-10-21(11-13-22)28(15-5-14-26)24(30)17-33-25(31)16-23(27-19(3)29)20-8-6-18(2)7-9-20/h6-13,23H,4-5,15-17H2,1-3H3,(H,27,29). The van der Waals surface area contributed by atoms with Crippen molar-refractivity contribution in [2.75, 3.05) is 24.7 Å². The Morgan fingerprint density at radius 1 is 1.09 bits per heavy atom. The maximum atomic E-state index is 12.8. The van der Waals surface area contributed by atoms with E-state index in [-0.39, 0.29) is 25.3 Å². The van der Waals surface area contributed by atoms with E-state index in [2.05, 4.69) is 5.32 Å². The maximum Gasteiger partial charge on any atom is 0.308 e. The van der Waals surface area contributed by atoms with Crippen LogP contribution in [0.15, 0.2) is 48.5 Å². The monoisotopic (exact) mass is 451 g/mol. The van der Waals surface area contributed by atoms with Gasteiger partial charge in [0.2, 0.25) is 5.91 Å². The molecule has 0 spiro atoms. The number of nitriles is 1. The summed E-state index contributed by atoms with van der Waals surface area (Å²) >= 11 is 0. The summed E-state index contributed by atoms with van der Waals surface area (Å²) in [6.07, 6.45) is 0.0160. The summed E-state index contributed by atoms with van der Waals surface area (Å²) < 4.78 is 10.6. The molecule has 0 fully saturated rings. The van der Waals surface area contributed by atoms with E-state index in [1.165, 1.54) is 11.8 Å². The molecule has 174 valence electrons. The smallest absolute Gasteiger partial charge is 0.308 e. The van der Waals surface area contributed by atoms with Crippen LogP contribution >= 0.6 is 0 Å². The van der Waals surface area contributed by atoms with Gasteiger partial charge < -0.3 is 19.7 Å². The Morgan fingerprint density at radius 3 is 2.33 bits per heavy atom. The Morgan fingerprint density at radius 2 is 1.76 bits per heavy atom. The topological polar surface area (TPSA) is 109 Å². The molecule has 8 heteroatoms. The molecular formula is C25H29N3O5. The van der Waals surface area contributed by atoms with E-state index in [1.54, 1.807) is 24.3 Å². The van der Waals surface area contributed by atoms with Crippen LogP contribution in [-0.4, -0.2) is 37.5 Å². The molecule has 0 aliphatic carbocycles. The summed E-state index contributed by atoms with van der Waals surface area (Å²) in [5, 5.41) is 11.7. The molecule has 0 aliphatic heterocycles. The first-order valence-electron chi connectivity index (χ1n) is 10.7. The van der Waals surface area contributed by atoms with Gasteiger partial charge >= 0.3 is 5.97 Å². The third-order valence-electron chi connectivity index (χ3n) is 4.79. The van der Waals surface area contributed by atoms with E-state index in [0.717, 1.165) is 11.1 Å². The summed E-state index contributed by atoms with van der Waals surface area (Å²) in [5.74, 6) is -0.674. The number of rotatable bonds is 11. The maximum absolute atomic E-state index is 12.8. The lowest BCUT2D eigenvalue weighted by Gasteiger charge is -2.22. The molecule has 1 atom stereocenters. The lowest BCUT2D eigenvalue weighted by molar-refractivity contribution is -0.148. The lowest BCUT2D eigenvalue weighted by Crippen LogP contribution is -2.36. The number of aryl methyl sites for hydroxylation is 1. The largest absolute Gasteiger partial charge is 0.494 e. The van der Waals surface area contributed by atoms with Crippen LogP contribution in [0.3, 0.4) is 0 Å². The van der Waals surface area contributed by atoms with Gasteiger partial charge in [-0.25, -0.2) is 0 Å². The second-order valence-corrected chi connectivity index (χ2v) is 7.41. The quantitative estimate of drug-likeness (QED) is 0.524. The van der Waals surface area contributed by atoms with Crippen molar-refractivity contribution in [3.05, 3.63) is 59.7 Å². The highest BCUT2D eigenvalue weighted by atomic mass is 16.5. The first-order chi connectivity index (χ1) is 15.8. The fourth-order valence-corrected chi connectivity index (χ4v) is 3.19. The number of ether oxygens (including phenoxy) is 2. The molecule has 0 radical (unpaired) electrons. The Bertz CT molecular complexity index is 981. The number of anilines is 1. The second-order valence-electron chi connectivity index (χ2n) is 7.41. The molecule has 2 aromatic rings. The molecule has 1 N–H and O–H groups in total. The van der Waals surface area contributed by atoms with Gasteiger partial charge in [0, 0.05) is 19.2 Å². The Balaban J connectivity index is 2.03. The number of esters is 1. The Kier molecular flexibility index (Phi) is 9.90. The third-order valence-corrected chi connectivity index (χ3v) is 4.79. The first-order valence-corrected chi connectivity index (χ1v) is 10.7. The SMILES string of the molecule is CCOc1ccc(N(CCC#N)C(=O)COC(=O)CC(NC(C)=O)c2ccc(C)cc2)cc1. The van der Waals surface area contributed by atoms with Crippen molar-refractivity contribution in [3.8, 4) is 11.8 Å². The minimum atomic E-state index is -0.616. The molecule has 0 aliphatic rings. The molecule has 2 amide bonds. The molecular weight excluding hydrogens is 422 g/mol. The van der Waals surface area contributed by atoms with E-state index >= 15 is 0 Å². The predicted octanol–water partition coefficient (Wildman–Crippen LogP) is 3.45. The zero-order valence-corrected chi connectivity index (χ0v) is 19.2. The molecule has 8 nitrogen and oxygen atoms in total. The van der Waals surface area contributed by atoms with Crippen molar-refractivity contribution < 1.29 is 23.9 Å². The number of carbonyl (C=O) groups is 3. The van der Waals surface area contributed by atoms with Gasteiger partial charge in [0.05, 0.1) is 31.6 Å². The van der Waals surface area contributed by atoms with Gasteiger partial charge in [0.1, 0.15) is 5.75 Å². The summed E-state index contributed by atoms with van der Waals surface area (Å²) in [4.78, 5) is 38.2. The van der Waals surface area contributed by atoms with E-state index in [1.807, 2.05) is 44.2 Å². The van der Waals surface area contributed by atoms with Crippen LogP contribution in [0.1, 0.15) is 43.9 Å². The van der Waals surface area contributed by atoms with Crippen molar-refractivity contribution in [3.63, 3.8) is 0 Å². The molecule has 2 rings (SSSR count). The van der Waals surface area contributed by atoms with E-state index in [4.69, 9.17) is 14.7 Å². The molecule has 0 heterocycles. The summed E-state index contributed by atoms with van der Waals surface area (Å²) in [6, 6.07) is 15.8. The van der Waals surface area contributed by atoms with E-state index < -0.39 is 24.5 Å². The van der Waals surface area contributed by atoms with Crippen LogP contribution in [-0.2, 0) is 19.1 Å². The van der Waals surface area contributed by atoms with Crippen molar-refractivity contribution >= 4 is 23.5 Å². The molecule has 0 bridgehead atoms. The highest BCUT2D eigenvalue weighted by Crippen LogP contribution is 2.21. The molecule has 0 saturated carbocycles. The Labute approximate surface area is 194 Å². The van der Waals surface area contributed by atoms with Gasteiger partial charge in [0.25, 0.3) is 5.91 Å².